The van der Waals surface area contributed by atoms with Crippen LogP contribution in [0, 0.1) is 17.8 Å². The molecule has 0 unspecified atom stereocenters. The van der Waals surface area contributed by atoms with E-state index in [9.17, 15) is 9.59 Å². The molecule has 218 valence electrons. The third-order valence-corrected chi connectivity index (χ3v) is 7.38. The Bertz CT molecular complexity index is 692. The summed E-state index contributed by atoms with van der Waals surface area (Å²) >= 11 is 4.53. The summed E-state index contributed by atoms with van der Waals surface area (Å²) in [7, 11) is 0. The summed E-state index contributed by atoms with van der Waals surface area (Å²) in [4.78, 5) is 28.8. The van der Waals surface area contributed by atoms with Gasteiger partial charge in [-0.05, 0) is 56.5 Å². The molecule has 0 aromatic rings. The molecule has 0 saturated carbocycles. The number of nitrogens with zero attached hydrogens (tertiary/aromatic N) is 1. The van der Waals surface area contributed by atoms with Crippen LogP contribution in [-0.4, -0.2) is 115 Å². The van der Waals surface area contributed by atoms with Crippen LogP contribution in [0.2, 0.25) is 0 Å². The van der Waals surface area contributed by atoms with E-state index < -0.39 is 0 Å². The molecule has 3 heterocycles. The van der Waals surface area contributed by atoms with E-state index in [1.54, 1.807) is 0 Å². The van der Waals surface area contributed by atoms with Gasteiger partial charge in [-0.2, -0.15) is 0 Å². The molecule has 0 aromatic heterocycles. The lowest BCUT2D eigenvalue weighted by Gasteiger charge is -2.31. The number of thiocarbonyl (C=S) groups is 1. The van der Waals surface area contributed by atoms with Gasteiger partial charge in [0.2, 0.25) is 11.8 Å². The highest BCUT2D eigenvalue weighted by Crippen LogP contribution is 2.09. The Morgan fingerprint density at radius 2 is 1.29 bits per heavy atom. The molecule has 0 radical (unpaired) electrons. The number of aliphatic imine (C=N–C) groups is 1. The van der Waals surface area contributed by atoms with Crippen molar-refractivity contribution in [3.63, 3.8) is 0 Å². The molecule has 11 nitrogen and oxygen atoms in total. The lowest BCUT2D eigenvalue weighted by atomic mass is 9.93. The largest absolute Gasteiger partial charge is 0.356 e. The normalized spacial score (nSPS) is 26.6. The van der Waals surface area contributed by atoms with Crippen LogP contribution in [0.4, 0.5) is 0 Å². The second kappa shape index (κ2) is 21.3. The van der Waals surface area contributed by atoms with Crippen molar-refractivity contribution in [2.24, 2.45) is 22.7 Å². The molecule has 38 heavy (non-hydrogen) atoms. The second-order valence-corrected chi connectivity index (χ2v) is 10.6. The van der Waals surface area contributed by atoms with Crippen LogP contribution in [0.25, 0.3) is 0 Å². The zero-order chi connectivity index (χ0) is 27.3. The van der Waals surface area contributed by atoms with Crippen LogP contribution in [-0.2, 0) is 9.59 Å². The quantitative estimate of drug-likeness (QED) is 0.0992. The number of fused-ring (bicyclic) bond motifs is 17. The zero-order valence-electron chi connectivity index (χ0n) is 23.2. The summed E-state index contributed by atoms with van der Waals surface area (Å²) in [5.74, 6) is 1.35. The van der Waals surface area contributed by atoms with Gasteiger partial charge < -0.3 is 42.5 Å². The van der Waals surface area contributed by atoms with Gasteiger partial charge in [0, 0.05) is 90.2 Å². The lowest BCUT2D eigenvalue weighted by molar-refractivity contribution is -0.123. The smallest absolute Gasteiger partial charge is 0.220 e. The summed E-state index contributed by atoms with van der Waals surface area (Å²) in [6.45, 7) is 14.2. The van der Waals surface area contributed by atoms with E-state index in [1.165, 1.54) is 0 Å². The fourth-order valence-electron chi connectivity index (χ4n) is 4.81. The van der Waals surface area contributed by atoms with Gasteiger partial charge in [-0.1, -0.05) is 6.92 Å². The third kappa shape index (κ3) is 15.2. The number of hydrogen-bond acceptors (Lipinski definition) is 10. The molecular weight excluding hydrogens is 502 g/mol. The monoisotopic (exact) mass is 553 g/mol. The number of isothiocyanates is 1. The maximum Gasteiger partial charge on any atom is 0.220 e. The van der Waals surface area contributed by atoms with Crippen LogP contribution >= 0.6 is 12.2 Å². The van der Waals surface area contributed by atoms with Gasteiger partial charge in [-0.25, -0.2) is 4.99 Å². The van der Waals surface area contributed by atoms with Gasteiger partial charge in [0.1, 0.15) is 0 Å². The van der Waals surface area contributed by atoms with E-state index in [2.05, 4.69) is 71.8 Å². The lowest BCUT2D eigenvalue weighted by Crippen LogP contribution is -2.54. The van der Waals surface area contributed by atoms with E-state index >= 15 is 0 Å². The SMILES string of the molecule is C[C@@H]1CNCCNC[C@H](NC(=O)CCCC(=O)NCCCN=C=S)C2CNCCNCC1CNCCNC2. The van der Waals surface area contributed by atoms with Crippen molar-refractivity contribution in [3.8, 4) is 0 Å². The summed E-state index contributed by atoms with van der Waals surface area (Å²) in [6.07, 6.45) is 1.93. The number of rotatable bonds is 9. The zero-order valence-corrected chi connectivity index (χ0v) is 24.0. The van der Waals surface area contributed by atoms with Crippen LogP contribution < -0.4 is 42.5 Å². The minimum absolute atomic E-state index is 0.00458. The van der Waals surface area contributed by atoms with Crippen LogP contribution in [0.1, 0.15) is 32.6 Å². The molecule has 2 amide bonds. The highest BCUT2D eigenvalue weighted by Gasteiger charge is 2.24. The molecule has 0 aromatic carbocycles. The van der Waals surface area contributed by atoms with Crippen molar-refractivity contribution in [2.75, 3.05) is 91.6 Å². The second-order valence-electron chi connectivity index (χ2n) is 10.4. The van der Waals surface area contributed by atoms with Gasteiger partial charge in [0.05, 0.1) is 11.7 Å². The molecule has 3 fully saturated rings. The van der Waals surface area contributed by atoms with Crippen molar-refractivity contribution in [2.45, 2.75) is 38.6 Å². The molecule has 8 N–H and O–H groups in total. The first-order chi connectivity index (χ1) is 18.6. The van der Waals surface area contributed by atoms with Crippen molar-refractivity contribution < 1.29 is 9.59 Å². The van der Waals surface area contributed by atoms with E-state index in [0.29, 0.717) is 50.7 Å². The van der Waals surface area contributed by atoms with Crippen LogP contribution in [0.15, 0.2) is 4.99 Å². The first-order valence-electron chi connectivity index (χ1n) is 14.4. The van der Waals surface area contributed by atoms with E-state index in [1.807, 2.05) is 0 Å². The van der Waals surface area contributed by atoms with E-state index in [0.717, 1.165) is 78.4 Å². The number of amides is 2. The molecule has 3 aliphatic rings. The average molecular weight is 554 g/mol. The average Bonchev–Trinajstić information content (AvgIpc) is 2.90. The van der Waals surface area contributed by atoms with Gasteiger partial charge in [0.25, 0.3) is 0 Å². The van der Waals surface area contributed by atoms with E-state index in [4.69, 9.17) is 0 Å². The molecule has 3 rings (SSSR count). The number of nitrogens with one attached hydrogen (secondary N) is 8. The standard InChI is InChI=1S/C26H51N9O2S/c1-21-14-27-8-13-32-19-24(35-26(37)5-2-4-25(36)34-7-3-6-33-20-38)23-17-30-11-9-28-15-22(21)16-29-10-12-31-18-23/h21-24,27-32H,2-19H2,1H3,(H,34,36)(H,35,37)/t21-,22?,23?,24+/m1/s1. The minimum Gasteiger partial charge on any atom is -0.356 e. The van der Waals surface area contributed by atoms with Gasteiger partial charge in [-0.3, -0.25) is 9.59 Å². The third-order valence-electron chi connectivity index (χ3n) is 7.25. The van der Waals surface area contributed by atoms with Gasteiger partial charge >= 0.3 is 0 Å². The van der Waals surface area contributed by atoms with Crippen LogP contribution in [0.3, 0.4) is 0 Å². The summed E-state index contributed by atoms with van der Waals surface area (Å²) in [6, 6.07) is -0.0110. The first kappa shape index (κ1) is 32.7. The van der Waals surface area contributed by atoms with E-state index in [-0.39, 0.29) is 23.8 Å². The molecule has 2 bridgehead atoms. The minimum atomic E-state index is -0.0368. The Kier molecular flexibility index (Phi) is 18.4. The maximum absolute atomic E-state index is 12.9. The summed E-state index contributed by atoms with van der Waals surface area (Å²) < 4.78 is 0. The highest BCUT2D eigenvalue weighted by molar-refractivity contribution is 7.78. The summed E-state index contributed by atoms with van der Waals surface area (Å²) in [5, 5.41) is 30.1. The molecule has 2 atom stereocenters. The molecule has 12 heteroatoms. The number of hydrogen-bond donors (Lipinski definition) is 8. The van der Waals surface area contributed by atoms with Crippen molar-refractivity contribution in [1.82, 2.24) is 42.5 Å². The van der Waals surface area contributed by atoms with Crippen molar-refractivity contribution in [1.29, 1.82) is 0 Å². The van der Waals surface area contributed by atoms with Gasteiger partial charge in [0.15, 0.2) is 0 Å². The number of carbonyl (C=O) groups is 2. The Labute approximate surface area is 234 Å². The summed E-state index contributed by atoms with van der Waals surface area (Å²) in [5.41, 5.74) is 0. The fraction of sp³-hybridized carbons (Fsp3) is 0.885. The highest BCUT2D eigenvalue weighted by atomic mass is 32.1. The Hall–Kier alpha value is -1.50. The number of carbonyl (C=O) groups excluding carboxylic acids is 2. The molecule has 3 saturated heterocycles. The Morgan fingerprint density at radius 1 is 0.763 bits per heavy atom. The van der Waals surface area contributed by atoms with Crippen molar-refractivity contribution in [3.05, 3.63) is 0 Å². The first-order valence-corrected chi connectivity index (χ1v) is 14.8. The maximum atomic E-state index is 12.9. The fourth-order valence-corrected chi connectivity index (χ4v) is 4.90. The molecule has 0 aliphatic carbocycles. The molecule has 0 spiro atoms. The predicted octanol–water partition coefficient (Wildman–Crippen LogP) is -1.32. The van der Waals surface area contributed by atoms with Gasteiger partial charge in [-0.15, -0.1) is 0 Å². The topological polar surface area (TPSA) is 143 Å². The Balaban J connectivity index is 1.90. The predicted molar refractivity (Wildman–Crippen MR) is 157 cm³/mol. The molecule has 3 aliphatic heterocycles. The van der Waals surface area contributed by atoms with Crippen molar-refractivity contribution >= 4 is 29.2 Å². The molecular formula is C26H51N9O2S. The van der Waals surface area contributed by atoms with Crippen LogP contribution in [0.5, 0.6) is 0 Å². The Morgan fingerprint density at radius 3 is 1.89 bits per heavy atom.